The Hall–Kier alpha value is -2.41. The molecule has 7 heteroatoms. The predicted octanol–water partition coefficient (Wildman–Crippen LogP) is 1.11. The van der Waals surface area contributed by atoms with Gasteiger partial charge in [0.15, 0.2) is 6.67 Å². The van der Waals surface area contributed by atoms with Crippen molar-refractivity contribution in [2.45, 2.75) is 51.0 Å². The maximum Gasteiger partial charge on any atom is 0.329 e. The second-order valence-electron chi connectivity index (χ2n) is 9.08. The predicted molar refractivity (Wildman–Crippen MR) is 113 cm³/mol. The average Bonchev–Trinajstić information content (AvgIpc) is 2.96. The van der Waals surface area contributed by atoms with Crippen LogP contribution in [0.15, 0.2) is 30.3 Å². The van der Waals surface area contributed by atoms with E-state index in [2.05, 4.69) is 10.2 Å². The fourth-order valence-electron chi connectivity index (χ4n) is 5.01. The molecular formula is C23H33N4O3+. The second kappa shape index (κ2) is 8.76. The molecule has 162 valence electrons. The first-order valence-electron chi connectivity index (χ1n) is 11.3. The van der Waals surface area contributed by atoms with Crippen molar-refractivity contribution in [3.63, 3.8) is 0 Å². The van der Waals surface area contributed by atoms with Crippen molar-refractivity contribution in [2.24, 2.45) is 5.92 Å². The highest BCUT2D eigenvalue weighted by Gasteiger charge is 2.50. The molecule has 0 bridgehead atoms. The van der Waals surface area contributed by atoms with Gasteiger partial charge in [-0.1, -0.05) is 43.2 Å². The van der Waals surface area contributed by atoms with Crippen LogP contribution in [0.3, 0.4) is 0 Å². The van der Waals surface area contributed by atoms with E-state index in [1.54, 1.807) is 6.92 Å². The largest absolute Gasteiger partial charge is 0.342 e. The highest BCUT2D eigenvalue weighted by atomic mass is 16.2. The van der Waals surface area contributed by atoms with E-state index in [1.165, 1.54) is 22.6 Å². The SMILES string of the molecule is C[C@]1(c2ccccc2)NC(=O)N(C[NH+]2CCC(C(=O)N3CCCCCC3)CC2)C1=O. The minimum Gasteiger partial charge on any atom is -0.342 e. The van der Waals surface area contributed by atoms with Crippen LogP contribution in [-0.4, -0.2) is 60.5 Å². The van der Waals surface area contributed by atoms with Crippen LogP contribution >= 0.6 is 0 Å². The van der Waals surface area contributed by atoms with Crippen LogP contribution in [0.5, 0.6) is 0 Å². The van der Waals surface area contributed by atoms with Crippen molar-refractivity contribution in [3.8, 4) is 0 Å². The fraction of sp³-hybridized carbons (Fsp3) is 0.609. The number of amides is 4. The van der Waals surface area contributed by atoms with E-state index in [4.69, 9.17) is 0 Å². The number of urea groups is 1. The molecule has 1 aromatic rings. The number of likely N-dealkylation sites (tertiary alicyclic amines) is 2. The number of rotatable bonds is 4. The molecule has 0 aliphatic carbocycles. The maximum atomic E-state index is 13.1. The number of carbonyl (C=O) groups excluding carboxylic acids is 3. The number of benzene rings is 1. The Balaban J connectivity index is 1.33. The summed E-state index contributed by atoms with van der Waals surface area (Å²) >= 11 is 0. The summed E-state index contributed by atoms with van der Waals surface area (Å²) in [7, 11) is 0. The Morgan fingerprint density at radius 3 is 2.33 bits per heavy atom. The normalized spacial score (nSPS) is 30.2. The lowest BCUT2D eigenvalue weighted by atomic mass is 9.92. The van der Waals surface area contributed by atoms with E-state index in [0.717, 1.165) is 57.4 Å². The van der Waals surface area contributed by atoms with Crippen LogP contribution in [0.4, 0.5) is 4.79 Å². The maximum absolute atomic E-state index is 13.1. The first-order valence-corrected chi connectivity index (χ1v) is 11.3. The van der Waals surface area contributed by atoms with E-state index in [0.29, 0.717) is 12.6 Å². The zero-order chi connectivity index (χ0) is 21.1. The summed E-state index contributed by atoms with van der Waals surface area (Å²) in [5.41, 5.74) is -0.221. The lowest BCUT2D eigenvalue weighted by molar-refractivity contribution is -0.912. The summed E-state index contributed by atoms with van der Waals surface area (Å²) in [5.74, 6) is 0.195. The van der Waals surface area contributed by atoms with Crippen LogP contribution in [-0.2, 0) is 15.1 Å². The summed E-state index contributed by atoms with van der Waals surface area (Å²) < 4.78 is 0. The third kappa shape index (κ3) is 4.08. The summed E-state index contributed by atoms with van der Waals surface area (Å²) in [6, 6.07) is 9.05. The fourth-order valence-corrected chi connectivity index (χ4v) is 5.01. The van der Waals surface area contributed by atoms with Gasteiger partial charge in [0, 0.05) is 31.8 Å². The Morgan fingerprint density at radius 2 is 1.70 bits per heavy atom. The molecule has 1 atom stereocenters. The Bertz CT molecular complexity index is 783. The summed E-state index contributed by atoms with van der Waals surface area (Å²) in [6.45, 7) is 5.53. The highest BCUT2D eigenvalue weighted by Crippen LogP contribution is 2.28. The number of carbonyl (C=O) groups is 3. The number of nitrogens with zero attached hydrogens (tertiary/aromatic N) is 2. The molecule has 0 spiro atoms. The first-order chi connectivity index (χ1) is 14.5. The van der Waals surface area contributed by atoms with Gasteiger partial charge in [0.05, 0.1) is 13.1 Å². The van der Waals surface area contributed by atoms with Gasteiger partial charge in [-0.2, -0.15) is 0 Å². The molecule has 0 saturated carbocycles. The van der Waals surface area contributed by atoms with Crippen molar-refractivity contribution < 1.29 is 19.3 Å². The number of hydrogen-bond acceptors (Lipinski definition) is 3. The Labute approximate surface area is 178 Å². The van der Waals surface area contributed by atoms with E-state index in [9.17, 15) is 14.4 Å². The smallest absolute Gasteiger partial charge is 0.329 e. The van der Waals surface area contributed by atoms with Crippen molar-refractivity contribution in [2.75, 3.05) is 32.8 Å². The van der Waals surface area contributed by atoms with E-state index in [1.807, 2.05) is 30.3 Å². The number of piperidine rings is 1. The molecule has 3 saturated heterocycles. The van der Waals surface area contributed by atoms with Crippen molar-refractivity contribution in [1.29, 1.82) is 0 Å². The summed E-state index contributed by atoms with van der Waals surface area (Å²) in [5, 5.41) is 2.88. The quantitative estimate of drug-likeness (QED) is 0.727. The number of hydrogen-bond donors (Lipinski definition) is 2. The monoisotopic (exact) mass is 413 g/mol. The molecular weight excluding hydrogens is 380 g/mol. The number of imide groups is 1. The molecule has 3 heterocycles. The second-order valence-corrected chi connectivity index (χ2v) is 9.08. The van der Waals surface area contributed by atoms with E-state index in [-0.39, 0.29) is 17.9 Å². The molecule has 3 aliphatic heterocycles. The van der Waals surface area contributed by atoms with Gasteiger partial charge in [-0.05, 0) is 25.3 Å². The lowest BCUT2D eigenvalue weighted by Gasteiger charge is -2.33. The lowest BCUT2D eigenvalue weighted by Crippen LogP contribution is -3.14. The molecule has 1 aromatic carbocycles. The number of quaternary nitrogens is 1. The van der Waals surface area contributed by atoms with E-state index < -0.39 is 5.54 Å². The van der Waals surface area contributed by atoms with Gasteiger partial charge < -0.3 is 15.1 Å². The van der Waals surface area contributed by atoms with Crippen molar-refractivity contribution >= 4 is 17.8 Å². The third-order valence-electron chi connectivity index (χ3n) is 6.97. The van der Waals surface area contributed by atoms with Gasteiger partial charge in [-0.15, -0.1) is 0 Å². The van der Waals surface area contributed by atoms with Crippen LogP contribution in [0.2, 0.25) is 0 Å². The van der Waals surface area contributed by atoms with Crippen molar-refractivity contribution in [1.82, 2.24) is 15.1 Å². The van der Waals surface area contributed by atoms with Crippen LogP contribution in [0, 0.1) is 5.92 Å². The molecule has 4 amide bonds. The molecule has 0 radical (unpaired) electrons. The molecule has 30 heavy (non-hydrogen) atoms. The van der Waals surface area contributed by atoms with Crippen LogP contribution in [0.1, 0.15) is 51.0 Å². The molecule has 0 unspecified atom stereocenters. The molecule has 3 aliphatic rings. The van der Waals surface area contributed by atoms with E-state index >= 15 is 0 Å². The van der Waals surface area contributed by atoms with Crippen LogP contribution in [0.25, 0.3) is 0 Å². The van der Waals surface area contributed by atoms with Gasteiger partial charge in [0.25, 0.3) is 5.91 Å². The minimum atomic E-state index is -1.02. The number of nitrogens with one attached hydrogen (secondary N) is 2. The van der Waals surface area contributed by atoms with Crippen molar-refractivity contribution in [3.05, 3.63) is 35.9 Å². The summed E-state index contributed by atoms with van der Waals surface area (Å²) in [4.78, 5) is 43.2. The van der Waals surface area contributed by atoms with Gasteiger partial charge in [-0.25, -0.2) is 9.69 Å². The third-order valence-corrected chi connectivity index (χ3v) is 6.97. The zero-order valence-corrected chi connectivity index (χ0v) is 17.9. The zero-order valence-electron chi connectivity index (χ0n) is 17.9. The standard InChI is InChI=1S/C23H32N4O3/c1-23(19-9-5-4-6-10-19)21(29)27(22(30)24-23)17-25-15-11-18(12-16-25)20(28)26-13-7-2-3-8-14-26/h4-6,9-10,18H,2-3,7-8,11-17H2,1H3,(H,24,30)/p+1/t23-/m1/s1. The van der Waals surface area contributed by atoms with Crippen LogP contribution < -0.4 is 10.2 Å². The summed E-state index contributed by atoms with van der Waals surface area (Å²) in [6.07, 6.45) is 6.32. The average molecular weight is 414 g/mol. The van der Waals surface area contributed by atoms with Gasteiger partial charge >= 0.3 is 6.03 Å². The Morgan fingerprint density at radius 1 is 1.07 bits per heavy atom. The highest BCUT2D eigenvalue weighted by molar-refractivity contribution is 6.07. The molecule has 3 fully saturated rings. The molecule has 0 aromatic heterocycles. The topological polar surface area (TPSA) is 74.2 Å². The van der Waals surface area contributed by atoms with Gasteiger partial charge in [0.1, 0.15) is 5.54 Å². The van der Waals surface area contributed by atoms with Gasteiger partial charge in [-0.3, -0.25) is 9.59 Å². The first kappa shape index (κ1) is 20.8. The Kier molecular flexibility index (Phi) is 6.09. The molecule has 4 rings (SSSR count). The molecule has 7 nitrogen and oxygen atoms in total. The molecule has 2 N–H and O–H groups in total. The van der Waals surface area contributed by atoms with Gasteiger partial charge in [0.2, 0.25) is 5.91 Å². The minimum absolute atomic E-state index is 0.0875.